The molecule has 1 atom stereocenters. The lowest BCUT2D eigenvalue weighted by Gasteiger charge is -2.36. The molecule has 1 aliphatic carbocycles. The second-order valence-corrected chi connectivity index (χ2v) is 6.97. The number of hydrogen-bond acceptors (Lipinski definition) is 4. The topological polar surface area (TPSA) is 58.4 Å². The number of hydrogen-bond donors (Lipinski definition) is 0. The third-order valence-electron chi connectivity index (χ3n) is 5.15. The van der Waals surface area contributed by atoms with Gasteiger partial charge in [0.05, 0.1) is 5.69 Å². The third-order valence-corrected chi connectivity index (χ3v) is 5.15. The first-order valence-electron chi connectivity index (χ1n) is 8.52. The van der Waals surface area contributed by atoms with Crippen LogP contribution in [-0.4, -0.2) is 58.7 Å². The van der Waals surface area contributed by atoms with E-state index in [4.69, 9.17) is 0 Å². The second kappa shape index (κ2) is 6.43. The van der Waals surface area contributed by atoms with Crippen LogP contribution in [0.3, 0.4) is 0 Å². The van der Waals surface area contributed by atoms with E-state index in [9.17, 15) is 9.59 Å². The van der Waals surface area contributed by atoms with Gasteiger partial charge in [-0.15, -0.1) is 0 Å². The lowest BCUT2D eigenvalue weighted by atomic mass is 10.0. The quantitative estimate of drug-likeness (QED) is 0.838. The van der Waals surface area contributed by atoms with Crippen LogP contribution < -0.4 is 5.56 Å². The molecule has 0 N–H and O–H groups in total. The maximum absolute atomic E-state index is 12.8. The Balaban J connectivity index is 1.74. The first kappa shape index (κ1) is 16.2. The Morgan fingerprint density at radius 1 is 1.26 bits per heavy atom. The molecule has 0 bridgehead atoms. The Labute approximate surface area is 137 Å². The fraction of sp³-hybridized carbons (Fsp3) is 0.706. The molecule has 1 unspecified atom stereocenters. The van der Waals surface area contributed by atoms with Gasteiger partial charge in [-0.2, -0.15) is 5.10 Å². The average molecular weight is 318 g/mol. The van der Waals surface area contributed by atoms with Gasteiger partial charge in [0.1, 0.15) is 6.04 Å². The Morgan fingerprint density at radius 3 is 2.52 bits per heavy atom. The van der Waals surface area contributed by atoms with Gasteiger partial charge in [0.2, 0.25) is 5.91 Å². The Morgan fingerprint density at radius 2 is 1.91 bits per heavy atom. The van der Waals surface area contributed by atoms with Crippen molar-refractivity contribution in [1.29, 1.82) is 0 Å². The summed E-state index contributed by atoms with van der Waals surface area (Å²) in [4.78, 5) is 29.0. The number of likely N-dealkylation sites (tertiary alicyclic amines) is 1. The van der Waals surface area contributed by atoms with Crippen LogP contribution in [0.5, 0.6) is 0 Å². The molecule has 2 heterocycles. The van der Waals surface area contributed by atoms with Crippen molar-refractivity contribution in [3.05, 3.63) is 28.2 Å². The molecule has 2 aliphatic rings. The van der Waals surface area contributed by atoms with Crippen molar-refractivity contribution in [3.8, 4) is 0 Å². The first-order valence-corrected chi connectivity index (χ1v) is 8.52. The van der Waals surface area contributed by atoms with Gasteiger partial charge in [0.15, 0.2) is 0 Å². The maximum atomic E-state index is 12.8. The molecule has 0 spiro atoms. The van der Waals surface area contributed by atoms with Crippen molar-refractivity contribution in [2.75, 3.05) is 27.2 Å². The highest BCUT2D eigenvalue weighted by molar-refractivity contribution is 5.80. The lowest BCUT2D eigenvalue weighted by Crippen LogP contribution is -2.47. The highest BCUT2D eigenvalue weighted by Gasteiger charge is 2.30. The van der Waals surface area contributed by atoms with E-state index in [1.54, 1.807) is 19.1 Å². The van der Waals surface area contributed by atoms with E-state index in [1.807, 2.05) is 11.9 Å². The number of likely N-dealkylation sites (N-methyl/N-ethyl adjacent to an activating group) is 1. The van der Waals surface area contributed by atoms with Gasteiger partial charge in [0, 0.05) is 25.1 Å². The molecule has 1 amide bonds. The molecule has 0 aromatic carbocycles. The van der Waals surface area contributed by atoms with Crippen LogP contribution in [0.1, 0.15) is 50.3 Å². The van der Waals surface area contributed by atoms with Gasteiger partial charge in [-0.1, -0.05) is 0 Å². The van der Waals surface area contributed by atoms with E-state index in [2.05, 4.69) is 17.0 Å². The number of amides is 1. The molecule has 0 radical (unpaired) electrons. The molecule has 1 saturated carbocycles. The molecule has 23 heavy (non-hydrogen) atoms. The van der Waals surface area contributed by atoms with E-state index < -0.39 is 6.04 Å². The minimum Gasteiger partial charge on any atom is -0.341 e. The van der Waals surface area contributed by atoms with Crippen molar-refractivity contribution < 1.29 is 4.79 Å². The largest absolute Gasteiger partial charge is 0.341 e. The highest BCUT2D eigenvalue weighted by Crippen LogP contribution is 2.38. The molecule has 1 aliphatic heterocycles. The molecule has 1 saturated heterocycles. The molecule has 1 aromatic heterocycles. The zero-order chi connectivity index (χ0) is 16.6. The average Bonchev–Trinajstić information content (AvgIpc) is 3.39. The summed E-state index contributed by atoms with van der Waals surface area (Å²) >= 11 is 0. The normalized spacial score (nSPS) is 21.2. The number of aromatic nitrogens is 2. The van der Waals surface area contributed by atoms with Crippen LogP contribution in [0.2, 0.25) is 0 Å². The predicted molar refractivity (Wildman–Crippen MR) is 88.5 cm³/mol. The van der Waals surface area contributed by atoms with Crippen molar-refractivity contribution in [3.63, 3.8) is 0 Å². The molecule has 126 valence electrons. The van der Waals surface area contributed by atoms with Gasteiger partial charge in [0.25, 0.3) is 5.56 Å². The number of piperidine rings is 1. The number of rotatable bonds is 4. The summed E-state index contributed by atoms with van der Waals surface area (Å²) in [5.41, 5.74) is 0.734. The Kier molecular flexibility index (Phi) is 4.53. The Bertz CT molecular complexity index is 630. The van der Waals surface area contributed by atoms with Crippen LogP contribution in [-0.2, 0) is 4.79 Å². The number of carbonyl (C=O) groups is 1. The minimum atomic E-state index is -0.550. The van der Waals surface area contributed by atoms with Gasteiger partial charge in [-0.25, -0.2) is 4.68 Å². The van der Waals surface area contributed by atoms with Crippen molar-refractivity contribution in [2.24, 2.45) is 0 Å². The summed E-state index contributed by atoms with van der Waals surface area (Å²) in [6, 6.07) is 3.04. The fourth-order valence-electron chi connectivity index (χ4n) is 3.28. The molecule has 2 fully saturated rings. The van der Waals surface area contributed by atoms with E-state index in [1.165, 1.54) is 4.68 Å². The van der Waals surface area contributed by atoms with Crippen LogP contribution in [0.15, 0.2) is 16.9 Å². The summed E-state index contributed by atoms with van der Waals surface area (Å²) < 4.78 is 1.36. The molecule has 3 rings (SSSR count). The van der Waals surface area contributed by atoms with E-state index in [-0.39, 0.29) is 17.5 Å². The number of carbonyl (C=O) groups excluding carboxylic acids is 1. The Hall–Kier alpha value is -1.69. The smallest absolute Gasteiger partial charge is 0.267 e. The van der Waals surface area contributed by atoms with Gasteiger partial charge < -0.3 is 9.80 Å². The van der Waals surface area contributed by atoms with Crippen LogP contribution in [0.25, 0.3) is 0 Å². The van der Waals surface area contributed by atoms with Gasteiger partial charge in [-0.3, -0.25) is 9.59 Å². The first-order chi connectivity index (χ1) is 11.0. The minimum absolute atomic E-state index is 0.0258. The molecular weight excluding hydrogens is 292 g/mol. The molecule has 6 heteroatoms. The van der Waals surface area contributed by atoms with E-state index in [0.29, 0.717) is 5.92 Å². The SMILES string of the molecule is CC(C(=O)N(C)C1CCN(C)CC1)n1nc(C2CC2)ccc1=O. The summed E-state index contributed by atoms with van der Waals surface area (Å²) in [6.45, 7) is 3.79. The van der Waals surface area contributed by atoms with Crippen molar-refractivity contribution in [1.82, 2.24) is 19.6 Å². The number of nitrogens with zero attached hydrogens (tertiary/aromatic N) is 4. The van der Waals surface area contributed by atoms with Gasteiger partial charge in [-0.05, 0) is 58.8 Å². The van der Waals surface area contributed by atoms with E-state index >= 15 is 0 Å². The highest BCUT2D eigenvalue weighted by atomic mass is 16.2. The fourth-order valence-corrected chi connectivity index (χ4v) is 3.28. The summed E-state index contributed by atoms with van der Waals surface area (Å²) in [5.74, 6) is 0.442. The van der Waals surface area contributed by atoms with Crippen molar-refractivity contribution in [2.45, 2.75) is 50.6 Å². The standard InChI is InChI=1S/C17H26N4O2/c1-12(17(23)20(3)14-8-10-19(2)11-9-14)21-16(22)7-6-15(18-21)13-4-5-13/h6-7,12-14H,4-5,8-11H2,1-3H3. The molecular formula is C17H26N4O2. The molecule has 6 nitrogen and oxygen atoms in total. The lowest BCUT2D eigenvalue weighted by molar-refractivity contribution is -0.136. The van der Waals surface area contributed by atoms with Crippen molar-refractivity contribution >= 4 is 5.91 Å². The van der Waals surface area contributed by atoms with Crippen LogP contribution >= 0.6 is 0 Å². The van der Waals surface area contributed by atoms with Crippen LogP contribution in [0, 0.1) is 0 Å². The zero-order valence-electron chi connectivity index (χ0n) is 14.2. The predicted octanol–water partition coefficient (Wildman–Crippen LogP) is 1.23. The monoisotopic (exact) mass is 318 g/mol. The molecule has 1 aromatic rings. The zero-order valence-corrected chi connectivity index (χ0v) is 14.2. The summed E-state index contributed by atoms with van der Waals surface area (Å²) in [5, 5.41) is 4.44. The van der Waals surface area contributed by atoms with Crippen LogP contribution in [0.4, 0.5) is 0 Å². The van der Waals surface area contributed by atoms with Gasteiger partial charge >= 0.3 is 0 Å². The third kappa shape index (κ3) is 3.47. The summed E-state index contributed by atoms with van der Waals surface area (Å²) in [7, 11) is 3.96. The van der Waals surface area contributed by atoms with E-state index in [0.717, 1.165) is 44.5 Å². The summed E-state index contributed by atoms with van der Waals surface area (Å²) in [6.07, 6.45) is 4.22. The maximum Gasteiger partial charge on any atom is 0.267 e. The second-order valence-electron chi connectivity index (χ2n) is 6.97.